The first-order valence-corrected chi connectivity index (χ1v) is 10.8. The maximum Gasteiger partial charge on any atom is 0.242 e. The van der Waals surface area contributed by atoms with Gasteiger partial charge in [0.15, 0.2) is 0 Å². The number of carbonyl (C=O) groups excluding carboxylic acids is 2. The summed E-state index contributed by atoms with van der Waals surface area (Å²) in [6.07, 6.45) is 2.67. The van der Waals surface area contributed by atoms with E-state index in [2.05, 4.69) is 12.2 Å². The number of nitrogens with one attached hydrogen (secondary N) is 1. The largest absolute Gasteiger partial charge is 0.497 e. The van der Waals surface area contributed by atoms with Crippen LogP contribution in [0.25, 0.3) is 0 Å². The Morgan fingerprint density at radius 1 is 1.03 bits per heavy atom. The molecular formula is C24H31ClN2O3. The highest BCUT2D eigenvalue weighted by atomic mass is 35.5. The summed E-state index contributed by atoms with van der Waals surface area (Å²) < 4.78 is 5.22. The van der Waals surface area contributed by atoms with Gasteiger partial charge in [-0.05, 0) is 48.2 Å². The van der Waals surface area contributed by atoms with Crippen molar-refractivity contribution in [2.75, 3.05) is 13.7 Å². The van der Waals surface area contributed by atoms with Crippen molar-refractivity contribution in [3.05, 3.63) is 64.7 Å². The molecule has 0 aromatic heterocycles. The van der Waals surface area contributed by atoms with Crippen LogP contribution in [0.5, 0.6) is 5.75 Å². The molecule has 0 aliphatic rings. The summed E-state index contributed by atoms with van der Waals surface area (Å²) in [6, 6.07) is 14.3. The number of rotatable bonds is 11. The zero-order valence-corrected chi connectivity index (χ0v) is 18.7. The molecule has 0 unspecified atom stereocenters. The lowest BCUT2D eigenvalue weighted by Crippen LogP contribution is -2.49. The van der Waals surface area contributed by atoms with E-state index < -0.39 is 6.04 Å². The minimum atomic E-state index is -0.524. The van der Waals surface area contributed by atoms with Crippen molar-refractivity contribution >= 4 is 23.4 Å². The highest BCUT2D eigenvalue weighted by Crippen LogP contribution is 2.18. The van der Waals surface area contributed by atoms with Gasteiger partial charge in [-0.25, -0.2) is 0 Å². The molecule has 0 heterocycles. The van der Waals surface area contributed by atoms with E-state index in [-0.39, 0.29) is 18.2 Å². The average molecular weight is 431 g/mol. The van der Waals surface area contributed by atoms with Crippen molar-refractivity contribution in [2.24, 2.45) is 0 Å². The van der Waals surface area contributed by atoms with E-state index in [1.165, 1.54) is 0 Å². The Labute approximate surface area is 184 Å². The third-order valence-corrected chi connectivity index (χ3v) is 5.25. The van der Waals surface area contributed by atoms with Crippen LogP contribution in [0.2, 0.25) is 5.02 Å². The molecule has 0 fully saturated rings. The summed E-state index contributed by atoms with van der Waals surface area (Å²) >= 11 is 5.96. The summed E-state index contributed by atoms with van der Waals surface area (Å²) in [4.78, 5) is 27.8. The van der Waals surface area contributed by atoms with Gasteiger partial charge in [-0.1, -0.05) is 56.1 Å². The molecule has 0 aliphatic heterocycles. The summed E-state index contributed by atoms with van der Waals surface area (Å²) in [5.41, 5.74) is 1.81. The first-order valence-electron chi connectivity index (χ1n) is 10.4. The van der Waals surface area contributed by atoms with Crippen molar-refractivity contribution in [1.82, 2.24) is 10.2 Å². The van der Waals surface area contributed by atoms with Gasteiger partial charge in [0.2, 0.25) is 11.8 Å². The predicted octanol–water partition coefficient (Wildman–Crippen LogP) is 4.61. The van der Waals surface area contributed by atoms with Crippen LogP contribution >= 0.6 is 11.6 Å². The van der Waals surface area contributed by atoms with Crippen LogP contribution in [0, 0.1) is 0 Å². The van der Waals surface area contributed by atoms with Gasteiger partial charge in [-0.15, -0.1) is 0 Å². The van der Waals surface area contributed by atoms with Crippen LogP contribution in [0.3, 0.4) is 0 Å². The molecule has 0 bridgehead atoms. The number of hydrogen-bond acceptors (Lipinski definition) is 3. The molecule has 30 heavy (non-hydrogen) atoms. The molecular weight excluding hydrogens is 400 g/mol. The van der Waals surface area contributed by atoms with Crippen LogP contribution in [-0.2, 0) is 22.6 Å². The van der Waals surface area contributed by atoms with Crippen molar-refractivity contribution in [3.8, 4) is 5.75 Å². The van der Waals surface area contributed by atoms with Gasteiger partial charge in [0.25, 0.3) is 0 Å². The summed E-state index contributed by atoms with van der Waals surface area (Å²) in [5, 5.41) is 3.60. The number of nitrogens with zero attached hydrogens (tertiary/aromatic N) is 1. The smallest absolute Gasteiger partial charge is 0.242 e. The Bertz CT molecular complexity index is 806. The number of unbranched alkanes of at least 4 members (excludes halogenated alkanes) is 1. The number of amides is 2. The van der Waals surface area contributed by atoms with Crippen molar-refractivity contribution < 1.29 is 14.3 Å². The fourth-order valence-corrected chi connectivity index (χ4v) is 3.36. The zero-order valence-electron chi connectivity index (χ0n) is 18.0. The molecule has 0 radical (unpaired) electrons. The fourth-order valence-electron chi connectivity index (χ4n) is 3.23. The first-order chi connectivity index (χ1) is 14.5. The molecule has 0 saturated carbocycles. The summed E-state index contributed by atoms with van der Waals surface area (Å²) in [6.45, 7) is 4.99. The first kappa shape index (κ1) is 23.7. The summed E-state index contributed by atoms with van der Waals surface area (Å²) in [7, 11) is 1.62. The third-order valence-electron chi connectivity index (χ3n) is 5.00. The van der Waals surface area contributed by atoms with E-state index in [0.717, 1.165) is 29.7 Å². The van der Waals surface area contributed by atoms with Gasteiger partial charge in [-0.3, -0.25) is 9.59 Å². The summed E-state index contributed by atoms with van der Waals surface area (Å²) in [5.74, 6) is 0.552. The Kier molecular flexibility index (Phi) is 9.68. The molecule has 2 amide bonds. The van der Waals surface area contributed by atoms with E-state index in [4.69, 9.17) is 16.3 Å². The van der Waals surface area contributed by atoms with E-state index in [0.29, 0.717) is 24.5 Å². The van der Waals surface area contributed by atoms with Crippen LogP contribution in [0.1, 0.15) is 44.2 Å². The Morgan fingerprint density at radius 3 is 2.23 bits per heavy atom. The standard InChI is InChI=1S/C24H31ClN2O3/c1-4-6-15-26-24(29)22(5-2)27(17-19-9-13-21(30-3)14-10-19)23(28)16-18-7-11-20(25)12-8-18/h7-14,22H,4-6,15-17H2,1-3H3,(H,26,29)/t22-/m0/s1. The van der Waals surface area contributed by atoms with Crippen LogP contribution in [0.15, 0.2) is 48.5 Å². The van der Waals surface area contributed by atoms with Gasteiger partial charge in [0.05, 0.1) is 13.5 Å². The topological polar surface area (TPSA) is 58.6 Å². The Hall–Kier alpha value is -2.53. The van der Waals surface area contributed by atoms with Crippen LogP contribution in [-0.4, -0.2) is 36.4 Å². The number of halogens is 1. The Balaban J connectivity index is 2.22. The molecule has 1 N–H and O–H groups in total. The minimum Gasteiger partial charge on any atom is -0.497 e. The highest BCUT2D eigenvalue weighted by Gasteiger charge is 2.28. The molecule has 2 rings (SSSR count). The number of methoxy groups -OCH3 is 1. The number of carbonyl (C=O) groups is 2. The van der Waals surface area contributed by atoms with Gasteiger partial charge in [0.1, 0.15) is 11.8 Å². The monoisotopic (exact) mass is 430 g/mol. The molecule has 1 atom stereocenters. The second-order valence-electron chi connectivity index (χ2n) is 7.24. The van der Waals surface area contributed by atoms with Crippen LogP contribution < -0.4 is 10.1 Å². The van der Waals surface area contributed by atoms with Gasteiger partial charge < -0.3 is 15.0 Å². The normalized spacial score (nSPS) is 11.6. The molecule has 0 aliphatic carbocycles. The molecule has 5 nitrogen and oxygen atoms in total. The molecule has 0 spiro atoms. The molecule has 2 aromatic carbocycles. The lowest BCUT2D eigenvalue weighted by molar-refractivity contribution is -0.140. The molecule has 0 saturated heterocycles. The zero-order chi connectivity index (χ0) is 21.9. The average Bonchev–Trinajstić information content (AvgIpc) is 2.75. The van der Waals surface area contributed by atoms with Gasteiger partial charge >= 0.3 is 0 Å². The van der Waals surface area contributed by atoms with Crippen molar-refractivity contribution in [3.63, 3.8) is 0 Å². The molecule has 6 heteroatoms. The van der Waals surface area contributed by atoms with E-state index in [1.807, 2.05) is 43.3 Å². The number of benzene rings is 2. The van der Waals surface area contributed by atoms with E-state index in [9.17, 15) is 9.59 Å². The Morgan fingerprint density at radius 2 is 1.67 bits per heavy atom. The maximum absolute atomic E-state index is 13.2. The second-order valence-corrected chi connectivity index (χ2v) is 7.68. The fraction of sp³-hybridized carbons (Fsp3) is 0.417. The predicted molar refractivity (Wildman–Crippen MR) is 121 cm³/mol. The minimum absolute atomic E-state index is 0.0920. The highest BCUT2D eigenvalue weighted by molar-refractivity contribution is 6.30. The molecule has 2 aromatic rings. The third kappa shape index (κ3) is 7.06. The van der Waals surface area contributed by atoms with Gasteiger partial charge in [-0.2, -0.15) is 0 Å². The van der Waals surface area contributed by atoms with Gasteiger partial charge in [0, 0.05) is 18.1 Å². The number of ether oxygens (including phenoxy) is 1. The lowest BCUT2D eigenvalue weighted by Gasteiger charge is -2.31. The molecule has 162 valence electrons. The lowest BCUT2D eigenvalue weighted by atomic mass is 10.1. The van der Waals surface area contributed by atoms with Crippen LogP contribution in [0.4, 0.5) is 0 Å². The van der Waals surface area contributed by atoms with E-state index in [1.54, 1.807) is 24.1 Å². The SMILES string of the molecule is CCCCNC(=O)[C@H](CC)N(Cc1ccc(OC)cc1)C(=O)Cc1ccc(Cl)cc1. The quantitative estimate of drug-likeness (QED) is 0.529. The maximum atomic E-state index is 13.2. The van der Waals surface area contributed by atoms with E-state index >= 15 is 0 Å². The second kappa shape index (κ2) is 12.2. The van der Waals surface area contributed by atoms with Crippen molar-refractivity contribution in [1.29, 1.82) is 0 Å². The van der Waals surface area contributed by atoms with Crippen molar-refractivity contribution in [2.45, 2.75) is 52.1 Å². The number of hydrogen-bond donors (Lipinski definition) is 1.